The number of nitrogens with one attached hydrogen (secondary N) is 2. The number of hydrogen-bond donors (Lipinski definition) is 4. The van der Waals surface area contributed by atoms with E-state index in [1.54, 1.807) is 25.4 Å². The molecule has 1 aromatic rings. The van der Waals surface area contributed by atoms with Gasteiger partial charge in [0.05, 0.1) is 12.1 Å². The molecule has 0 aliphatic carbocycles. The highest BCUT2D eigenvalue weighted by atomic mass is 32.1. The molecule has 0 aliphatic heterocycles. The summed E-state index contributed by atoms with van der Waals surface area (Å²) in [5, 5.41) is 24.7. The molecular formula is C10H15N3O4S. The number of amides is 2. The molecule has 100 valence electrons. The first-order valence-corrected chi connectivity index (χ1v) is 6.07. The van der Waals surface area contributed by atoms with Gasteiger partial charge in [0.2, 0.25) is 0 Å². The van der Waals surface area contributed by atoms with Crippen LogP contribution in [-0.4, -0.2) is 39.8 Å². The summed E-state index contributed by atoms with van der Waals surface area (Å²) < 4.78 is 0. The Morgan fingerprint density at radius 1 is 1.56 bits per heavy atom. The van der Waals surface area contributed by atoms with Gasteiger partial charge in [0, 0.05) is 11.6 Å². The second kappa shape index (κ2) is 5.78. The van der Waals surface area contributed by atoms with Crippen LogP contribution < -0.4 is 10.6 Å². The minimum absolute atomic E-state index is 0.666. The van der Waals surface area contributed by atoms with Crippen LogP contribution in [0.3, 0.4) is 0 Å². The molecule has 0 spiro atoms. The minimum Gasteiger partial charge on any atom is -0.480 e. The lowest BCUT2D eigenvalue weighted by Gasteiger charge is -2.24. The first kappa shape index (κ1) is 14.4. The predicted octanol–water partition coefficient (Wildman–Crippen LogP) is 0.123. The van der Waals surface area contributed by atoms with E-state index in [0.29, 0.717) is 5.01 Å². The number of thiazole rings is 1. The number of carbonyl (C=O) groups excluding carboxylic acids is 1. The van der Waals surface area contributed by atoms with Gasteiger partial charge in [-0.2, -0.15) is 0 Å². The summed E-state index contributed by atoms with van der Waals surface area (Å²) in [5.41, 5.74) is -0.712. The van der Waals surface area contributed by atoms with Gasteiger partial charge in [-0.05, 0) is 13.8 Å². The predicted molar refractivity (Wildman–Crippen MR) is 65.3 cm³/mol. The third kappa shape index (κ3) is 3.67. The number of aromatic nitrogens is 1. The fourth-order valence-corrected chi connectivity index (χ4v) is 1.97. The first-order chi connectivity index (χ1) is 8.36. The van der Waals surface area contributed by atoms with Crippen molar-refractivity contribution < 1.29 is 19.8 Å². The van der Waals surface area contributed by atoms with Crippen molar-refractivity contribution in [3.63, 3.8) is 0 Å². The van der Waals surface area contributed by atoms with E-state index in [1.165, 1.54) is 11.3 Å². The van der Waals surface area contributed by atoms with Gasteiger partial charge >= 0.3 is 12.0 Å². The summed E-state index contributed by atoms with van der Waals surface area (Å²) >= 11 is 1.38. The molecule has 1 rings (SSSR count). The number of rotatable bonds is 5. The summed E-state index contributed by atoms with van der Waals surface area (Å²) in [4.78, 5) is 26.3. The molecule has 1 aromatic heterocycles. The van der Waals surface area contributed by atoms with Crippen molar-refractivity contribution >= 4 is 23.3 Å². The van der Waals surface area contributed by atoms with E-state index < -0.39 is 30.2 Å². The molecular weight excluding hydrogens is 258 g/mol. The molecule has 0 saturated heterocycles. The summed E-state index contributed by atoms with van der Waals surface area (Å²) in [5.74, 6) is -1.29. The molecule has 8 heteroatoms. The number of nitrogens with zero attached hydrogens (tertiary/aromatic N) is 1. The summed E-state index contributed by atoms with van der Waals surface area (Å²) in [7, 11) is 0. The SMILES string of the molecule is CC(C)(NC(=O)N[C@H](CO)C(=O)O)c1nccs1. The van der Waals surface area contributed by atoms with Gasteiger partial charge in [-0.15, -0.1) is 11.3 Å². The Bertz CT molecular complexity index is 419. The highest BCUT2D eigenvalue weighted by Gasteiger charge is 2.27. The van der Waals surface area contributed by atoms with Crippen LogP contribution in [0.4, 0.5) is 4.79 Å². The summed E-state index contributed by atoms with van der Waals surface area (Å²) in [6.07, 6.45) is 1.62. The van der Waals surface area contributed by atoms with Gasteiger partial charge in [-0.1, -0.05) is 0 Å². The lowest BCUT2D eigenvalue weighted by Crippen LogP contribution is -2.52. The molecule has 18 heavy (non-hydrogen) atoms. The van der Waals surface area contributed by atoms with Crippen LogP contribution in [0.1, 0.15) is 18.9 Å². The third-order valence-electron chi connectivity index (χ3n) is 2.18. The molecule has 0 unspecified atom stereocenters. The van der Waals surface area contributed by atoms with E-state index in [1.807, 2.05) is 0 Å². The zero-order chi connectivity index (χ0) is 13.8. The number of carboxylic acid groups (broad SMARTS) is 1. The number of aliphatic carboxylic acids is 1. The van der Waals surface area contributed by atoms with E-state index in [0.717, 1.165) is 0 Å². The van der Waals surface area contributed by atoms with Gasteiger partial charge in [-0.25, -0.2) is 14.6 Å². The van der Waals surface area contributed by atoms with Crippen LogP contribution in [0, 0.1) is 0 Å². The maximum Gasteiger partial charge on any atom is 0.328 e. The number of hydrogen-bond acceptors (Lipinski definition) is 5. The quantitative estimate of drug-likeness (QED) is 0.609. The minimum atomic E-state index is -1.32. The third-order valence-corrected chi connectivity index (χ3v) is 3.28. The largest absolute Gasteiger partial charge is 0.480 e. The van der Waals surface area contributed by atoms with Crippen molar-refractivity contribution in [2.24, 2.45) is 0 Å². The maximum absolute atomic E-state index is 11.6. The van der Waals surface area contributed by atoms with Gasteiger partial charge in [-0.3, -0.25) is 0 Å². The molecule has 0 radical (unpaired) electrons. The average molecular weight is 273 g/mol. The highest BCUT2D eigenvalue weighted by Crippen LogP contribution is 2.21. The molecule has 1 atom stereocenters. The topological polar surface area (TPSA) is 112 Å². The molecule has 4 N–H and O–H groups in total. The molecule has 0 aliphatic rings. The molecule has 7 nitrogen and oxygen atoms in total. The molecule has 0 fully saturated rings. The fourth-order valence-electron chi connectivity index (χ4n) is 1.25. The molecule has 2 amide bonds. The lowest BCUT2D eigenvalue weighted by atomic mass is 10.1. The Morgan fingerprint density at radius 3 is 2.67 bits per heavy atom. The Morgan fingerprint density at radius 2 is 2.22 bits per heavy atom. The van der Waals surface area contributed by atoms with Crippen LogP contribution in [0.15, 0.2) is 11.6 Å². The number of carbonyl (C=O) groups is 2. The molecule has 0 bridgehead atoms. The standard InChI is InChI=1S/C10H15N3O4S/c1-10(2,8-11-3-4-18-8)13-9(17)12-6(5-14)7(15)16/h3-4,6,14H,5H2,1-2H3,(H,15,16)(H2,12,13,17)/t6-/m1/s1. The van der Waals surface area contributed by atoms with Gasteiger partial charge < -0.3 is 20.8 Å². The van der Waals surface area contributed by atoms with Crippen molar-refractivity contribution in [2.45, 2.75) is 25.4 Å². The van der Waals surface area contributed by atoms with E-state index >= 15 is 0 Å². The Kier molecular flexibility index (Phi) is 4.62. The first-order valence-electron chi connectivity index (χ1n) is 5.19. The Balaban J connectivity index is 2.62. The number of aliphatic hydroxyl groups excluding tert-OH is 1. The van der Waals surface area contributed by atoms with Crippen molar-refractivity contribution in [1.82, 2.24) is 15.6 Å². The van der Waals surface area contributed by atoms with Crippen molar-refractivity contribution in [2.75, 3.05) is 6.61 Å². The Labute approximate surface area is 108 Å². The normalized spacial score (nSPS) is 12.8. The van der Waals surface area contributed by atoms with Crippen LogP contribution in [0.25, 0.3) is 0 Å². The number of carboxylic acids is 1. The van der Waals surface area contributed by atoms with Gasteiger partial charge in [0.25, 0.3) is 0 Å². The molecule has 0 aromatic carbocycles. The number of aliphatic hydroxyl groups is 1. The van der Waals surface area contributed by atoms with E-state index in [4.69, 9.17) is 10.2 Å². The van der Waals surface area contributed by atoms with Crippen LogP contribution in [0.2, 0.25) is 0 Å². The molecule has 1 heterocycles. The maximum atomic E-state index is 11.6. The fraction of sp³-hybridized carbons (Fsp3) is 0.500. The smallest absolute Gasteiger partial charge is 0.328 e. The van der Waals surface area contributed by atoms with Crippen molar-refractivity contribution in [3.8, 4) is 0 Å². The highest BCUT2D eigenvalue weighted by molar-refractivity contribution is 7.09. The second-order valence-corrected chi connectivity index (χ2v) is 5.03. The van der Waals surface area contributed by atoms with Crippen LogP contribution in [0.5, 0.6) is 0 Å². The summed E-state index contributed by atoms with van der Waals surface area (Å²) in [6.45, 7) is 2.83. The Hall–Kier alpha value is -1.67. The van der Waals surface area contributed by atoms with E-state index in [-0.39, 0.29) is 0 Å². The zero-order valence-electron chi connectivity index (χ0n) is 10.0. The average Bonchev–Trinajstić information content (AvgIpc) is 2.78. The van der Waals surface area contributed by atoms with Crippen molar-refractivity contribution in [1.29, 1.82) is 0 Å². The number of urea groups is 1. The molecule has 0 saturated carbocycles. The van der Waals surface area contributed by atoms with Crippen LogP contribution in [-0.2, 0) is 10.3 Å². The van der Waals surface area contributed by atoms with Crippen molar-refractivity contribution in [3.05, 3.63) is 16.6 Å². The van der Waals surface area contributed by atoms with Gasteiger partial charge in [0.15, 0.2) is 6.04 Å². The van der Waals surface area contributed by atoms with Gasteiger partial charge in [0.1, 0.15) is 5.01 Å². The van der Waals surface area contributed by atoms with Crippen LogP contribution >= 0.6 is 11.3 Å². The van der Waals surface area contributed by atoms with E-state index in [9.17, 15) is 9.59 Å². The van der Waals surface area contributed by atoms with E-state index in [2.05, 4.69) is 15.6 Å². The monoisotopic (exact) mass is 273 g/mol. The lowest BCUT2D eigenvalue weighted by molar-refractivity contribution is -0.140. The summed E-state index contributed by atoms with van der Waals surface area (Å²) in [6, 6.07) is -1.99. The zero-order valence-corrected chi connectivity index (χ0v) is 10.8. The second-order valence-electron chi connectivity index (χ2n) is 4.13.